The predicted molar refractivity (Wildman–Crippen MR) is 140 cm³/mol. The van der Waals surface area contributed by atoms with E-state index in [0.717, 1.165) is 43.7 Å². The van der Waals surface area contributed by atoms with Crippen LogP contribution in [0.25, 0.3) is 0 Å². The van der Waals surface area contributed by atoms with Crippen LogP contribution in [-0.2, 0) is 29.1 Å². The lowest BCUT2D eigenvalue weighted by Crippen LogP contribution is -2.40. The molecule has 7 nitrogen and oxygen atoms in total. The first-order valence-electron chi connectivity index (χ1n) is 10.8. The highest BCUT2D eigenvalue weighted by atomic mass is 127. The summed E-state index contributed by atoms with van der Waals surface area (Å²) in [5.74, 6) is 1.04. The second-order valence-electron chi connectivity index (χ2n) is 7.85. The molecular weight excluding hydrogens is 537 g/mol. The zero-order valence-corrected chi connectivity index (χ0v) is 21.4. The lowest BCUT2D eigenvalue weighted by Gasteiger charge is -2.27. The van der Waals surface area contributed by atoms with Crippen LogP contribution in [0, 0.1) is 0 Å². The number of amides is 2. The normalized spacial score (nSPS) is 15.9. The molecule has 1 fully saturated rings. The Labute approximate surface area is 210 Å². The van der Waals surface area contributed by atoms with Crippen molar-refractivity contribution in [1.82, 2.24) is 15.5 Å². The fraction of sp³-hybridized carbons (Fsp3) is 0.435. The lowest BCUT2D eigenvalue weighted by atomic mass is 10.1. The largest absolute Gasteiger partial charge is 0.356 e. The molecule has 2 aliphatic heterocycles. The van der Waals surface area contributed by atoms with E-state index >= 15 is 0 Å². The Bertz CT molecular complexity index is 960. The molecule has 0 atom stereocenters. The van der Waals surface area contributed by atoms with Gasteiger partial charge in [-0.3, -0.25) is 14.6 Å². The Balaban J connectivity index is 0.00000289. The van der Waals surface area contributed by atoms with Crippen LogP contribution in [0.2, 0.25) is 0 Å². The lowest BCUT2D eigenvalue weighted by molar-refractivity contribution is -0.132. The average Bonchev–Trinajstić information content (AvgIpc) is 3.44. The number of anilines is 1. The minimum absolute atomic E-state index is 0. The van der Waals surface area contributed by atoms with Gasteiger partial charge in [-0.1, -0.05) is 12.1 Å². The van der Waals surface area contributed by atoms with Crippen molar-refractivity contribution in [1.29, 1.82) is 0 Å². The first kappa shape index (κ1) is 24.5. The molecule has 3 heterocycles. The van der Waals surface area contributed by atoms with Gasteiger partial charge in [-0.05, 0) is 47.5 Å². The zero-order chi connectivity index (χ0) is 21.6. The van der Waals surface area contributed by atoms with Crippen molar-refractivity contribution in [2.24, 2.45) is 4.99 Å². The van der Waals surface area contributed by atoms with Gasteiger partial charge < -0.3 is 20.4 Å². The third-order valence-corrected chi connectivity index (χ3v) is 6.82. The predicted octanol–water partition coefficient (Wildman–Crippen LogP) is 3.13. The van der Waals surface area contributed by atoms with E-state index in [1.165, 1.54) is 10.4 Å². The van der Waals surface area contributed by atoms with Gasteiger partial charge in [0.2, 0.25) is 11.8 Å². The monoisotopic (exact) mass is 567 g/mol. The summed E-state index contributed by atoms with van der Waals surface area (Å²) in [5.41, 5.74) is 3.35. The van der Waals surface area contributed by atoms with Crippen molar-refractivity contribution in [3.63, 3.8) is 0 Å². The van der Waals surface area contributed by atoms with Gasteiger partial charge in [0.15, 0.2) is 5.96 Å². The van der Waals surface area contributed by atoms with Crippen LogP contribution in [-0.4, -0.2) is 49.4 Å². The SMILES string of the molecule is CN=C(NCCC(=O)N1CCc2sccc2C1)NCc1ccc(N2CCCC2=O)cc1.I. The molecule has 0 spiro atoms. The van der Waals surface area contributed by atoms with Crippen LogP contribution >= 0.6 is 35.3 Å². The molecule has 4 rings (SSSR count). The summed E-state index contributed by atoms with van der Waals surface area (Å²) < 4.78 is 0. The van der Waals surface area contributed by atoms with Gasteiger partial charge in [-0.2, -0.15) is 0 Å². The molecule has 2 amide bonds. The summed E-state index contributed by atoms with van der Waals surface area (Å²) in [5, 5.41) is 8.61. The summed E-state index contributed by atoms with van der Waals surface area (Å²) in [6, 6.07) is 10.2. The number of guanidine groups is 1. The number of nitrogens with one attached hydrogen (secondary N) is 2. The highest BCUT2D eigenvalue weighted by Crippen LogP contribution is 2.24. The molecule has 2 N–H and O–H groups in total. The van der Waals surface area contributed by atoms with Crippen molar-refractivity contribution in [2.45, 2.75) is 38.8 Å². The van der Waals surface area contributed by atoms with Crippen molar-refractivity contribution >= 4 is 58.8 Å². The number of aliphatic imine (C=N–C) groups is 1. The fourth-order valence-corrected chi connectivity index (χ4v) is 4.92. The molecule has 0 aliphatic carbocycles. The summed E-state index contributed by atoms with van der Waals surface area (Å²) >= 11 is 1.78. The molecule has 2 aliphatic rings. The number of halogens is 1. The van der Waals surface area contributed by atoms with Gasteiger partial charge in [0, 0.05) is 63.2 Å². The smallest absolute Gasteiger partial charge is 0.227 e. The summed E-state index contributed by atoms with van der Waals surface area (Å²) in [6.45, 7) is 3.50. The Hall–Kier alpha value is -2.14. The molecular formula is C23H30IN5O2S. The van der Waals surface area contributed by atoms with Crippen LogP contribution in [0.1, 0.15) is 35.3 Å². The van der Waals surface area contributed by atoms with Gasteiger partial charge >= 0.3 is 0 Å². The standard InChI is InChI=1S/C23H29N5O2S.HI/c1-24-23(25-11-8-21(29)27-13-9-20-18(16-27)10-14-31-20)26-15-17-4-6-19(7-5-17)28-12-2-3-22(28)30;/h4-7,10,14H,2-3,8-9,11-13,15-16H2,1H3,(H2,24,25,26);1H. The molecule has 1 aromatic heterocycles. The van der Waals surface area contributed by atoms with E-state index in [1.807, 2.05) is 34.1 Å². The van der Waals surface area contributed by atoms with Crippen molar-refractivity contribution in [2.75, 3.05) is 31.6 Å². The van der Waals surface area contributed by atoms with E-state index in [2.05, 4.69) is 27.1 Å². The fourth-order valence-electron chi connectivity index (χ4n) is 4.03. The molecule has 0 radical (unpaired) electrons. The maximum Gasteiger partial charge on any atom is 0.227 e. The highest BCUT2D eigenvalue weighted by Gasteiger charge is 2.22. The van der Waals surface area contributed by atoms with E-state index in [-0.39, 0.29) is 35.8 Å². The Kier molecular flexibility index (Phi) is 8.92. The minimum Gasteiger partial charge on any atom is -0.356 e. The first-order chi connectivity index (χ1) is 15.1. The first-order valence-corrected chi connectivity index (χ1v) is 11.7. The molecule has 1 aromatic carbocycles. The average molecular weight is 567 g/mol. The molecule has 2 aromatic rings. The quantitative estimate of drug-likeness (QED) is 0.320. The molecule has 172 valence electrons. The van der Waals surface area contributed by atoms with Gasteiger partial charge in [0.05, 0.1) is 0 Å². The van der Waals surface area contributed by atoms with Crippen molar-refractivity contribution in [3.8, 4) is 0 Å². The van der Waals surface area contributed by atoms with Gasteiger partial charge in [0.25, 0.3) is 0 Å². The third kappa shape index (κ3) is 6.00. The van der Waals surface area contributed by atoms with Crippen molar-refractivity contribution in [3.05, 3.63) is 51.7 Å². The second-order valence-corrected chi connectivity index (χ2v) is 8.85. The number of rotatable bonds is 6. The number of fused-ring (bicyclic) bond motifs is 1. The number of carbonyl (C=O) groups excluding carboxylic acids is 2. The van der Waals surface area contributed by atoms with Crippen LogP contribution in [0.15, 0.2) is 40.7 Å². The summed E-state index contributed by atoms with van der Waals surface area (Å²) in [6.07, 6.45) is 2.97. The van der Waals surface area contributed by atoms with E-state index in [0.29, 0.717) is 31.9 Å². The third-order valence-electron chi connectivity index (χ3n) is 5.80. The molecule has 32 heavy (non-hydrogen) atoms. The van der Waals surface area contributed by atoms with E-state index < -0.39 is 0 Å². The second kappa shape index (κ2) is 11.6. The Morgan fingerprint density at radius 2 is 1.94 bits per heavy atom. The van der Waals surface area contributed by atoms with E-state index in [4.69, 9.17) is 0 Å². The van der Waals surface area contributed by atoms with Crippen LogP contribution in [0.4, 0.5) is 5.69 Å². The van der Waals surface area contributed by atoms with Gasteiger partial charge in [0.1, 0.15) is 0 Å². The molecule has 0 saturated carbocycles. The summed E-state index contributed by atoms with van der Waals surface area (Å²) in [4.78, 5) is 33.9. The minimum atomic E-state index is 0. The van der Waals surface area contributed by atoms with E-state index in [9.17, 15) is 9.59 Å². The number of benzene rings is 1. The van der Waals surface area contributed by atoms with Crippen LogP contribution in [0.3, 0.4) is 0 Å². The van der Waals surface area contributed by atoms with Crippen molar-refractivity contribution < 1.29 is 9.59 Å². The van der Waals surface area contributed by atoms with Crippen LogP contribution in [0.5, 0.6) is 0 Å². The molecule has 0 unspecified atom stereocenters. The molecule has 9 heteroatoms. The topological polar surface area (TPSA) is 77.0 Å². The maximum absolute atomic E-state index is 12.5. The molecule has 0 bridgehead atoms. The van der Waals surface area contributed by atoms with Gasteiger partial charge in [-0.15, -0.1) is 35.3 Å². The number of thiophene rings is 1. The Morgan fingerprint density at radius 3 is 2.66 bits per heavy atom. The van der Waals surface area contributed by atoms with Crippen LogP contribution < -0.4 is 15.5 Å². The van der Waals surface area contributed by atoms with E-state index in [1.54, 1.807) is 18.4 Å². The Morgan fingerprint density at radius 1 is 1.12 bits per heavy atom. The maximum atomic E-state index is 12.5. The number of hydrogen-bond donors (Lipinski definition) is 2. The highest BCUT2D eigenvalue weighted by molar-refractivity contribution is 14.0. The summed E-state index contributed by atoms with van der Waals surface area (Å²) in [7, 11) is 1.72. The number of hydrogen-bond acceptors (Lipinski definition) is 4. The number of nitrogens with zero attached hydrogens (tertiary/aromatic N) is 3. The zero-order valence-electron chi connectivity index (χ0n) is 18.3. The number of carbonyl (C=O) groups is 2. The molecule has 1 saturated heterocycles. The van der Waals surface area contributed by atoms with Gasteiger partial charge in [-0.25, -0.2) is 0 Å².